The molecule has 1 saturated carbocycles. The number of aliphatic hydroxyl groups is 1. The highest BCUT2D eigenvalue weighted by Gasteiger charge is 2.33. The van der Waals surface area contributed by atoms with Crippen LogP contribution in [0.25, 0.3) is 0 Å². The number of nitrogens with zero attached hydrogens (tertiary/aromatic N) is 1. The first-order valence-electron chi connectivity index (χ1n) is 6.67. The number of aliphatic hydroxyl groups excluding tert-OH is 1. The largest absolute Gasteiger partial charge is 0.496 e. The second-order valence-corrected chi connectivity index (χ2v) is 5.16. The average molecular weight is 265 g/mol. The van der Waals surface area contributed by atoms with Gasteiger partial charge in [0.25, 0.3) is 0 Å². The summed E-state index contributed by atoms with van der Waals surface area (Å²) >= 11 is 0. The van der Waals surface area contributed by atoms with Gasteiger partial charge in [-0.15, -0.1) is 0 Å². The van der Waals surface area contributed by atoms with Crippen LogP contribution < -0.4 is 9.47 Å². The summed E-state index contributed by atoms with van der Waals surface area (Å²) in [5, 5.41) is 9.74. The minimum absolute atomic E-state index is 0.0445. The van der Waals surface area contributed by atoms with Crippen molar-refractivity contribution in [1.29, 1.82) is 0 Å². The van der Waals surface area contributed by atoms with Crippen molar-refractivity contribution in [1.82, 2.24) is 4.90 Å². The SMILES string of the molecule is COc1cc(C(CO)N(C)C2CC2)c(OC)cc1C. The van der Waals surface area contributed by atoms with Crippen molar-refractivity contribution in [3.63, 3.8) is 0 Å². The summed E-state index contributed by atoms with van der Waals surface area (Å²) in [6.45, 7) is 2.07. The summed E-state index contributed by atoms with van der Waals surface area (Å²) in [6.07, 6.45) is 2.41. The van der Waals surface area contributed by atoms with E-state index in [0.717, 1.165) is 22.6 Å². The Kier molecular flexibility index (Phi) is 4.32. The van der Waals surface area contributed by atoms with Crippen LogP contribution in [0.15, 0.2) is 12.1 Å². The minimum Gasteiger partial charge on any atom is -0.496 e. The molecule has 0 aliphatic heterocycles. The summed E-state index contributed by atoms with van der Waals surface area (Å²) in [7, 11) is 5.39. The van der Waals surface area contributed by atoms with E-state index in [0.29, 0.717) is 6.04 Å². The molecular formula is C15H23NO3. The summed E-state index contributed by atoms with van der Waals surface area (Å²) in [5.41, 5.74) is 2.02. The smallest absolute Gasteiger partial charge is 0.124 e. The second kappa shape index (κ2) is 5.80. The number of rotatable bonds is 6. The van der Waals surface area contributed by atoms with Gasteiger partial charge in [-0.2, -0.15) is 0 Å². The molecule has 0 saturated heterocycles. The Morgan fingerprint density at radius 2 is 1.89 bits per heavy atom. The van der Waals surface area contributed by atoms with E-state index in [1.807, 2.05) is 19.1 Å². The van der Waals surface area contributed by atoms with Gasteiger partial charge in [0.1, 0.15) is 11.5 Å². The molecule has 19 heavy (non-hydrogen) atoms. The number of ether oxygens (including phenoxy) is 2. The van der Waals surface area contributed by atoms with Gasteiger partial charge in [0.2, 0.25) is 0 Å². The van der Waals surface area contributed by atoms with E-state index in [1.165, 1.54) is 12.8 Å². The monoisotopic (exact) mass is 265 g/mol. The molecule has 1 atom stereocenters. The molecule has 0 bridgehead atoms. The molecule has 2 rings (SSSR count). The molecule has 1 fully saturated rings. The van der Waals surface area contributed by atoms with Crippen LogP contribution in [0.5, 0.6) is 11.5 Å². The maximum Gasteiger partial charge on any atom is 0.124 e. The van der Waals surface area contributed by atoms with Crippen molar-refractivity contribution in [2.75, 3.05) is 27.9 Å². The number of hydrogen-bond acceptors (Lipinski definition) is 4. The van der Waals surface area contributed by atoms with Crippen molar-refractivity contribution in [2.45, 2.75) is 31.8 Å². The molecule has 1 aliphatic carbocycles. The van der Waals surface area contributed by atoms with Gasteiger partial charge in [-0.25, -0.2) is 0 Å². The lowest BCUT2D eigenvalue weighted by molar-refractivity contribution is 0.139. The summed E-state index contributed by atoms with van der Waals surface area (Å²) < 4.78 is 10.8. The van der Waals surface area contributed by atoms with Crippen LogP contribution in [-0.4, -0.2) is 43.9 Å². The lowest BCUT2D eigenvalue weighted by Crippen LogP contribution is -2.29. The molecular weight excluding hydrogens is 242 g/mol. The second-order valence-electron chi connectivity index (χ2n) is 5.16. The van der Waals surface area contributed by atoms with E-state index in [2.05, 4.69) is 11.9 Å². The Morgan fingerprint density at radius 3 is 2.37 bits per heavy atom. The quantitative estimate of drug-likeness (QED) is 0.855. The van der Waals surface area contributed by atoms with E-state index in [-0.39, 0.29) is 12.6 Å². The van der Waals surface area contributed by atoms with Crippen LogP contribution in [0.3, 0.4) is 0 Å². The fourth-order valence-electron chi connectivity index (χ4n) is 2.52. The molecule has 0 heterocycles. The first kappa shape index (κ1) is 14.2. The van der Waals surface area contributed by atoms with E-state index < -0.39 is 0 Å². The summed E-state index contributed by atoms with van der Waals surface area (Å²) in [6, 6.07) is 4.48. The fraction of sp³-hybridized carbons (Fsp3) is 0.600. The highest BCUT2D eigenvalue weighted by Crippen LogP contribution is 2.38. The van der Waals surface area contributed by atoms with Gasteiger partial charge in [-0.3, -0.25) is 4.90 Å². The van der Waals surface area contributed by atoms with Crippen molar-refractivity contribution in [2.24, 2.45) is 0 Å². The Labute approximate surface area is 114 Å². The number of methoxy groups -OCH3 is 2. The van der Waals surface area contributed by atoms with E-state index in [9.17, 15) is 5.11 Å². The molecule has 0 aromatic heterocycles. The molecule has 1 aromatic rings. The molecule has 1 aromatic carbocycles. The van der Waals surface area contributed by atoms with Crippen molar-refractivity contribution >= 4 is 0 Å². The third-order valence-corrected chi connectivity index (χ3v) is 3.89. The number of aryl methyl sites for hydroxylation is 1. The van der Waals surface area contributed by atoms with Crippen LogP contribution >= 0.6 is 0 Å². The molecule has 0 amide bonds. The van der Waals surface area contributed by atoms with Crippen molar-refractivity contribution in [3.8, 4) is 11.5 Å². The first-order chi connectivity index (χ1) is 9.12. The van der Waals surface area contributed by atoms with Crippen LogP contribution in [0.4, 0.5) is 0 Å². The molecule has 0 radical (unpaired) electrons. The van der Waals surface area contributed by atoms with Crippen LogP contribution in [-0.2, 0) is 0 Å². The third-order valence-electron chi connectivity index (χ3n) is 3.89. The van der Waals surface area contributed by atoms with Crippen molar-refractivity contribution < 1.29 is 14.6 Å². The predicted molar refractivity (Wildman–Crippen MR) is 74.9 cm³/mol. The Hall–Kier alpha value is -1.26. The Bertz CT molecular complexity index is 443. The molecule has 4 heteroatoms. The maximum absolute atomic E-state index is 9.74. The lowest BCUT2D eigenvalue weighted by Gasteiger charge is -2.28. The molecule has 1 aliphatic rings. The first-order valence-corrected chi connectivity index (χ1v) is 6.67. The normalized spacial score (nSPS) is 16.5. The van der Waals surface area contributed by atoms with Gasteiger partial charge in [0.15, 0.2) is 0 Å². The molecule has 1 N–H and O–H groups in total. The summed E-state index contributed by atoms with van der Waals surface area (Å²) in [5.74, 6) is 1.64. The van der Waals surface area contributed by atoms with Gasteiger partial charge < -0.3 is 14.6 Å². The van der Waals surface area contributed by atoms with Crippen LogP contribution in [0.2, 0.25) is 0 Å². The van der Waals surface area contributed by atoms with Crippen LogP contribution in [0.1, 0.15) is 30.0 Å². The van der Waals surface area contributed by atoms with Gasteiger partial charge in [0, 0.05) is 11.6 Å². The standard InChI is InChI=1S/C15H23NO3/c1-10-7-15(19-4)12(8-14(10)18-3)13(9-17)16(2)11-5-6-11/h7-8,11,13,17H,5-6,9H2,1-4H3. The van der Waals surface area contributed by atoms with Crippen molar-refractivity contribution in [3.05, 3.63) is 23.3 Å². The number of likely N-dealkylation sites (N-methyl/N-ethyl adjacent to an activating group) is 1. The van der Waals surface area contributed by atoms with Gasteiger partial charge in [-0.1, -0.05) is 0 Å². The zero-order valence-electron chi connectivity index (χ0n) is 12.1. The van der Waals surface area contributed by atoms with Gasteiger partial charge in [-0.05, 0) is 44.5 Å². The zero-order valence-corrected chi connectivity index (χ0v) is 12.1. The molecule has 106 valence electrons. The van der Waals surface area contributed by atoms with Crippen LogP contribution in [0, 0.1) is 6.92 Å². The molecule has 0 spiro atoms. The highest BCUT2D eigenvalue weighted by molar-refractivity contribution is 5.47. The third kappa shape index (κ3) is 2.85. The fourth-order valence-corrected chi connectivity index (χ4v) is 2.52. The molecule has 4 nitrogen and oxygen atoms in total. The Balaban J connectivity index is 2.39. The van der Waals surface area contributed by atoms with E-state index in [1.54, 1.807) is 14.2 Å². The molecule has 1 unspecified atom stereocenters. The lowest BCUT2D eigenvalue weighted by atomic mass is 10.0. The van der Waals surface area contributed by atoms with Gasteiger partial charge in [0.05, 0.1) is 26.9 Å². The minimum atomic E-state index is -0.0445. The number of benzene rings is 1. The number of hydrogen-bond donors (Lipinski definition) is 1. The Morgan fingerprint density at radius 1 is 1.26 bits per heavy atom. The van der Waals surface area contributed by atoms with Gasteiger partial charge >= 0.3 is 0 Å². The zero-order chi connectivity index (χ0) is 14.0. The van der Waals surface area contributed by atoms with E-state index in [4.69, 9.17) is 9.47 Å². The predicted octanol–water partition coefficient (Wildman–Crippen LogP) is 2.14. The highest BCUT2D eigenvalue weighted by atomic mass is 16.5. The summed E-state index contributed by atoms with van der Waals surface area (Å²) in [4.78, 5) is 2.23. The van der Waals surface area contributed by atoms with E-state index >= 15 is 0 Å². The average Bonchev–Trinajstić information content (AvgIpc) is 3.24. The maximum atomic E-state index is 9.74. The topological polar surface area (TPSA) is 41.9 Å².